The van der Waals surface area contributed by atoms with E-state index in [0.717, 1.165) is 71.4 Å². The molecule has 1 saturated heterocycles. The van der Waals surface area contributed by atoms with Crippen LogP contribution in [-0.4, -0.2) is 83.6 Å². The zero-order valence-corrected chi connectivity index (χ0v) is 36.3. The van der Waals surface area contributed by atoms with Crippen molar-refractivity contribution in [3.63, 3.8) is 0 Å². The lowest BCUT2D eigenvalue weighted by atomic mass is 9.32. The number of morpholine rings is 1. The van der Waals surface area contributed by atoms with Crippen LogP contribution in [0.1, 0.15) is 115 Å². The smallest absolute Gasteiger partial charge is 0.337 e. The number of rotatable bonds is 13. The number of carbonyl (C=O) groups is 2. The van der Waals surface area contributed by atoms with E-state index in [1.165, 1.54) is 43.1 Å². The Labute approximate surface area is 343 Å². The minimum absolute atomic E-state index is 0.0111. The highest BCUT2D eigenvalue weighted by atomic mass is 16.5. The molecule has 57 heavy (non-hydrogen) atoms. The predicted molar refractivity (Wildman–Crippen MR) is 226 cm³/mol. The largest absolute Gasteiger partial charge is 0.502 e. The molecule has 5 fully saturated rings. The maximum absolute atomic E-state index is 14.7. The van der Waals surface area contributed by atoms with Crippen LogP contribution in [0.4, 0.5) is 0 Å². The summed E-state index contributed by atoms with van der Waals surface area (Å²) in [6.45, 7) is 27.9. The van der Waals surface area contributed by atoms with Crippen molar-refractivity contribution in [2.45, 2.75) is 98.8 Å². The fraction of sp³-hybridized carbons (Fsp3) is 0.714. The number of methoxy groups -OCH3 is 2. The van der Waals surface area contributed by atoms with Crippen molar-refractivity contribution in [2.75, 3.05) is 66.8 Å². The van der Waals surface area contributed by atoms with Crippen LogP contribution in [0.25, 0.3) is 5.57 Å². The Morgan fingerprint density at radius 3 is 2.32 bits per heavy atom. The Morgan fingerprint density at radius 1 is 0.877 bits per heavy atom. The number of amides is 1. The topological polar surface area (TPSA) is 86.3 Å². The first kappa shape index (κ1) is 42.2. The molecule has 6 aliphatic rings. The number of fused-ring (bicyclic) bond motifs is 7. The van der Waals surface area contributed by atoms with E-state index in [-0.39, 0.29) is 45.4 Å². The van der Waals surface area contributed by atoms with Gasteiger partial charge < -0.3 is 24.3 Å². The zero-order chi connectivity index (χ0) is 40.8. The fourth-order valence-electron chi connectivity index (χ4n) is 14.4. The number of nitrogens with zero attached hydrogens (tertiary/aromatic N) is 1. The highest BCUT2D eigenvalue weighted by molar-refractivity contribution is 5.90. The molecule has 314 valence electrons. The lowest BCUT2D eigenvalue weighted by Crippen LogP contribution is -2.66. The van der Waals surface area contributed by atoms with E-state index >= 15 is 0 Å². The molecule has 7 rings (SSSR count). The van der Waals surface area contributed by atoms with E-state index in [9.17, 15) is 9.59 Å². The highest BCUT2D eigenvalue weighted by Crippen LogP contribution is 2.77. The molecular formula is C49H72N2O6. The summed E-state index contributed by atoms with van der Waals surface area (Å²) in [4.78, 5) is 29.3. The monoisotopic (exact) mass is 785 g/mol. The third-order valence-corrected chi connectivity index (χ3v) is 17.5. The molecular weight excluding hydrogens is 713 g/mol. The first-order valence-electron chi connectivity index (χ1n) is 22.1. The van der Waals surface area contributed by atoms with Gasteiger partial charge in [-0.05, 0) is 138 Å². The molecule has 0 spiro atoms. The Kier molecular flexibility index (Phi) is 12.0. The van der Waals surface area contributed by atoms with Gasteiger partial charge >= 0.3 is 5.97 Å². The van der Waals surface area contributed by atoms with Crippen LogP contribution in [0.15, 0.2) is 54.8 Å². The van der Waals surface area contributed by atoms with Crippen molar-refractivity contribution in [1.82, 2.24) is 10.2 Å². The molecule has 0 bridgehead atoms. The Hall–Kier alpha value is -2.94. The number of ether oxygens (including phenoxy) is 4. The standard InChI is InChI=1S/C49H72N2O6/c1-33(32-57-31-28-51-26-29-56-30-27-51)37-16-22-49(44(53)50-25-19-34(2)54-8)24-23-47(6)39(42(37)49)14-15-41-46(5)20-17-38(35-10-12-36(13-11-35)43(52)55-9)45(3,4)40(46)18-21-48(41,47)7/h10-13,17,37,39-42H,1-2,14-16,18-32H2,3-9H3,(H,50,53). The molecule has 1 amide bonds. The van der Waals surface area contributed by atoms with Crippen molar-refractivity contribution < 1.29 is 28.5 Å². The van der Waals surface area contributed by atoms with E-state index in [0.29, 0.717) is 55.3 Å². The van der Waals surface area contributed by atoms with Crippen LogP contribution >= 0.6 is 0 Å². The van der Waals surface area contributed by atoms with Gasteiger partial charge in [-0.15, -0.1) is 0 Å². The first-order valence-corrected chi connectivity index (χ1v) is 22.1. The highest BCUT2D eigenvalue weighted by Gasteiger charge is 2.71. The van der Waals surface area contributed by atoms with Crippen LogP contribution < -0.4 is 5.32 Å². The van der Waals surface area contributed by atoms with Gasteiger partial charge in [0.05, 0.1) is 57.4 Å². The minimum atomic E-state index is -0.391. The summed E-state index contributed by atoms with van der Waals surface area (Å²) in [6, 6.07) is 8.05. The van der Waals surface area contributed by atoms with Crippen molar-refractivity contribution >= 4 is 17.4 Å². The van der Waals surface area contributed by atoms with E-state index < -0.39 is 5.41 Å². The van der Waals surface area contributed by atoms with Gasteiger partial charge in [-0.2, -0.15) is 0 Å². The third-order valence-electron chi connectivity index (χ3n) is 17.5. The summed E-state index contributed by atoms with van der Waals surface area (Å²) < 4.78 is 22.2. The number of nitrogens with one attached hydrogen (secondary N) is 1. The maximum Gasteiger partial charge on any atom is 0.337 e. The number of allylic oxidation sites excluding steroid dienone is 2. The van der Waals surface area contributed by atoms with Gasteiger partial charge in [-0.1, -0.05) is 66.0 Å². The number of carbonyl (C=O) groups excluding carboxylic acids is 2. The number of esters is 1. The number of hydrogen-bond acceptors (Lipinski definition) is 7. The van der Waals surface area contributed by atoms with Gasteiger partial charge in [0.25, 0.3) is 0 Å². The second-order valence-corrected chi connectivity index (χ2v) is 20.0. The summed E-state index contributed by atoms with van der Waals surface area (Å²) in [7, 11) is 3.09. The van der Waals surface area contributed by atoms with E-state index in [1.807, 2.05) is 12.1 Å². The normalized spacial score (nSPS) is 37.0. The Bertz CT molecular complexity index is 1710. The lowest BCUT2D eigenvalue weighted by Gasteiger charge is -2.72. The Morgan fingerprint density at radius 2 is 1.61 bits per heavy atom. The number of hydrogen-bond donors (Lipinski definition) is 1. The maximum atomic E-state index is 14.7. The minimum Gasteiger partial charge on any atom is -0.502 e. The van der Waals surface area contributed by atoms with Gasteiger partial charge in [0, 0.05) is 32.6 Å². The lowest BCUT2D eigenvalue weighted by molar-refractivity contribution is -0.225. The quantitative estimate of drug-likeness (QED) is 0.0925. The van der Waals surface area contributed by atoms with Crippen molar-refractivity contribution in [3.8, 4) is 0 Å². The molecule has 4 saturated carbocycles. The molecule has 1 heterocycles. The van der Waals surface area contributed by atoms with Crippen LogP contribution in [0.2, 0.25) is 0 Å². The summed E-state index contributed by atoms with van der Waals surface area (Å²) in [5, 5.41) is 3.40. The van der Waals surface area contributed by atoms with Gasteiger partial charge in [0.2, 0.25) is 5.91 Å². The molecule has 0 aromatic heterocycles. The molecule has 1 aromatic rings. The third kappa shape index (κ3) is 7.15. The molecule has 1 aromatic carbocycles. The molecule has 9 unspecified atom stereocenters. The first-order chi connectivity index (χ1) is 27.2. The molecule has 9 atom stereocenters. The molecule has 1 N–H and O–H groups in total. The van der Waals surface area contributed by atoms with Gasteiger partial charge in [0.15, 0.2) is 0 Å². The van der Waals surface area contributed by atoms with Crippen LogP contribution in [-0.2, 0) is 23.7 Å². The summed E-state index contributed by atoms with van der Waals surface area (Å²) in [6.07, 6.45) is 13.0. The van der Waals surface area contributed by atoms with Gasteiger partial charge in [-0.25, -0.2) is 4.79 Å². The average Bonchev–Trinajstić information content (AvgIpc) is 3.61. The second kappa shape index (κ2) is 16.3. The van der Waals surface area contributed by atoms with Gasteiger partial charge in [0.1, 0.15) is 0 Å². The summed E-state index contributed by atoms with van der Waals surface area (Å²) in [5.41, 5.74) is 4.44. The Balaban J connectivity index is 1.15. The van der Waals surface area contributed by atoms with E-state index in [4.69, 9.17) is 25.5 Å². The summed E-state index contributed by atoms with van der Waals surface area (Å²) >= 11 is 0. The molecule has 8 nitrogen and oxygen atoms in total. The van der Waals surface area contributed by atoms with Crippen molar-refractivity contribution in [1.29, 1.82) is 0 Å². The molecule has 5 aliphatic carbocycles. The van der Waals surface area contributed by atoms with E-state index in [1.54, 1.807) is 7.11 Å². The molecule has 8 heteroatoms. The van der Waals surface area contributed by atoms with Crippen LogP contribution in [0.5, 0.6) is 0 Å². The van der Waals surface area contributed by atoms with E-state index in [2.05, 4.69) is 69.6 Å². The number of benzene rings is 1. The molecule has 1 aliphatic heterocycles. The van der Waals surface area contributed by atoms with Crippen LogP contribution in [0, 0.1) is 56.7 Å². The summed E-state index contributed by atoms with van der Waals surface area (Å²) in [5.74, 6) is 2.75. The fourth-order valence-corrected chi connectivity index (χ4v) is 14.4. The predicted octanol–water partition coefficient (Wildman–Crippen LogP) is 9.12. The van der Waals surface area contributed by atoms with Gasteiger partial charge in [-0.3, -0.25) is 9.69 Å². The average molecular weight is 785 g/mol. The SMILES string of the molecule is C=C(CCNC(=O)C12CCC(C(=C)COCCN3CCOCC3)C1C1CCC3C4(C)CC=C(c5ccc(C(=O)OC)cc5)C(C)(C)C4CCC3(C)C1(C)CC2)OC. The molecule has 0 radical (unpaired) electrons. The second-order valence-electron chi connectivity index (χ2n) is 20.0. The van der Waals surface area contributed by atoms with Crippen LogP contribution in [0.3, 0.4) is 0 Å². The zero-order valence-electron chi connectivity index (χ0n) is 36.3. The van der Waals surface area contributed by atoms with Crippen molar-refractivity contribution in [3.05, 3.63) is 66.0 Å². The van der Waals surface area contributed by atoms with Crippen molar-refractivity contribution in [2.24, 2.45) is 56.7 Å².